The summed E-state index contributed by atoms with van der Waals surface area (Å²) in [6.45, 7) is -0.243. The second kappa shape index (κ2) is 3.82. The maximum atomic E-state index is 10.2. The van der Waals surface area contributed by atoms with Gasteiger partial charge in [0.2, 0.25) is 0 Å². The molecule has 0 atom stereocenters. The van der Waals surface area contributed by atoms with Crippen LogP contribution in [-0.4, -0.2) is 29.8 Å². The number of hydrogen-bond donors (Lipinski definition) is 4. The van der Waals surface area contributed by atoms with Crippen molar-refractivity contribution >= 4 is 21.9 Å². The molecule has 0 unspecified atom stereocenters. The molecule has 0 fully saturated rings. The summed E-state index contributed by atoms with van der Waals surface area (Å²) in [7, 11) is -4.41. The molecule has 0 aromatic carbocycles. The first-order valence-electron chi connectivity index (χ1n) is 3.60. The van der Waals surface area contributed by atoms with Gasteiger partial charge in [0.25, 0.3) is 0 Å². The predicted octanol–water partition coefficient (Wildman–Crippen LogP) is -1.06. The molecule has 0 aliphatic carbocycles. The number of nitrogens with one attached hydrogen (secondary N) is 1. The zero-order chi connectivity index (χ0) is 10.8. The highest BCUT2D eigenvalue weighted by Crippen LogP contribution is 2.15. The van der Waals surface area contributed by atoms with Gasteiger partial charge in [0, 0.05) is 6.42 Å². The van der Waals surface area contributed by atoms with E-state index in [1.807, 2.05) is 0 Å². The zero-order valence-electron chi connectivity index (χ0n) is 7.10. The first-order valence-corrected chi connectivity index (χ1v) is 4.96. The fourth-order valence-electron chi connectivity index (χ4n) is 0.838. The van der Waals surface area contributed by atoms with Crippen molar-refractivity contribution in [3.8, 4) is 0 Å². The summed E-state index contributed by atoms with van der Waals surface area (Å²) in [5.41, 5.74) is 11.5. The van der Waals surface area contributed by atoms with E-state index in [0.717, 1.165) is 0 Å². The van der Waals surface area contributed by atoms with E-state index in [2.05, 4.69) is 14.4 Å². The maximum absolute atomic E-state index is 10.2. The highest BCUT2D eigenvalue weighted by molar-refractivity contribution is 7.80. The smallest absolute Gasteiger partial charge is 0.394 e. The Bertz CT molecular complexity index is 411. The molecular weight excluding hydrogens is 212 g/mol. The van der Waals surface area contributed by atoms with Gasteiger partial charge in [-0.3, -0.25) is 9.65 Å². The van der Waals surface area contributed by atoms with Crippen LogP contribution in [0, 0.1) is 0 Å². The van der Waals surface area contributed by atoms with Crippen LogP contribution in [0.15, 0.2) is 0 Å². The van der Waals surface area contributed by atoms with Crippen LogP contribution in [0.1, 0.15) is 5.69 Å². The van der Waals surface area contributed by atoms with Gasteiger partial charge in [0.15, 0.2) is 0 Å². The van der Waals surface area contributed by atoms with Crippen LogP contribution in [0.3, 0.4) is 0 Å². The van der Waals surface area contributed by atoms with E-state index in [4.69, 9.17) is 16.0 Å². The number of aromatic nitrogens is 2. The van der Waals surface area contributed by atoms with Crippen molar-refractivity contribution < 1.29 is 17.2 Å². The summed E-state index contributed by atoms with van der Waals surface area (Å²) in [4.78, 5) is 0. The lowest BCUT2D eigenvalue weighted by Gasteiger charge is -1.98. The molecule has 0 aliphatic rings. The van der Waals surface area contributed by atoms with Crippen molar-refractivity contribution in [2.45, 2.75) is 6.42 Å². The molecule has 1 aromatic rings. The van der Waals surface area contributed by atoms with Crippen molar-refractivity contribution in [3.05, 3.63) is 5.69 Å². The molecule has 0 saturated carbocycles. The highest BCUT2D eigenvalue weighted by atomic mass is 32.3. The molecule has 0 saturated heterocycles. The third-order valence-corrected chi connectivity index (χ3v) is 1.95. The molecule has 80 valence electrons. The Morgan fingerprint density at radius 3 is 2.57 bits per heavy atom. The summed E-state index contributed by atoms with van der Waals surface area (Å²) in [6, 6.07) is 0. The maximum Gasteiger partial charge on any atom is 0.397 e. The molecule has 6 N–H and O–H groups in total. The van der Waals surface area contributed by atoms with Gasteiger partial charge in [-0.1, -0.05) is 0 Å². The van der Waals surface area contributed by atoms with E-state index in [9.17, 15) is 8.42 Å². The Labute approximate surface area is 80.2 Å². The molecule has 0 aliphatic heterocycles. The van der Waals surface area contributed by atoms with Gasteiger partial charge in [-0.25, -0.2) is 4.18 Å². The van der Waals surface area contributed by atoms with Gasteiger partial charge < -0.3 is 11.5 Å². The van der Waals surface area contributed by atoms with Crippen molar-refractivity contribution in [1.82, 2.24) is 10.2 Å². The molecular formula is C5H10N4O4S. The standard InChI is InChI=1S/C5H10N4O4S/c6-4-3(8-9-5(4)7)1-2-13-14(10,11)12/h1-2,6H2,(H3,7,8,9)(H,10,11,12). The van der Waals surface area contributed by atoms with E-state index in [-0.39, 0.29) is 24.5 Å². The van der Waals surface area contributed by atoms with E-state index in [0.29, 0.717) is 5.69 Å². The van der Waals surface area contributed by atoms with Gasteiger partial charge in [0.1, 0.15) is 5.82 Å². The lowest BCUT2D eigenvalue weighted by molar-refractivity contribution is 0.271. The molecule has 14 heavy (non-hydrogen) atoms. The van der Waals surface area contributed by atoms with Crippen molar-refractivity contribution in [2.24, 2.45) is 0 Å². The summed E-state index contributed by atoms with van der Waals surface area (Å²) < 4.78 is 32.6. The average molecular weight is 222 g/mol. The lowest BCUT2D eigenvalue weighted by atomic mass is 10.3. The molecule has 1 aromatic heterocycles. The number of aromatic amines is 1. The Hall–Kier alpha value is -1.32. The summed E-state index contributed by atoms with van der Waals surface area (Å²) in [6.07, 6.45) is 0.138. The predicted molar refractivity (Wildman–Crippen MR) is 48.6 cm³/mol. The topological polar surface area (TPSA) is 144 Å². The van der Waals surface area contributed by atoms with E-state index < -0.39 is 10.4 Å². The van der Waals surface area contributed by atoms with Crippen molar-refractivity contribution in [1.29, 1.82) is 0 Å². The zero-order valence-corrected chi connectivity index (χ0v) is 7.91. The van der Waals surface area contributed by atoms with E-state index >= 15 is 0 Å². The van der Waals surface area contributed by atoms with E-state index in [1.165, 1.54) is 0 Å². The van der Waals surface area contributed by atoms with Crippen LogP contribution in [0.4, 0.5) is 11.5 Å². The van der Waals surface area contributed by atoms with Crippen LogP contribution in [0.25, 0.3) is 0 Å². The third kappa shape index (κ3) is 2.87. The van der Waals surface area contributed by atoms with Gasteiger partial charge >= 0.3 is 10.4 Å². The minimum absolute atomic E-state index is 0.138. The van der Waals surface area contributed by atoms with E-state index in [1.54, 1.807) is 0 Å². The number of rotatable bonds is 4. The highest BCUT2D eigenvalue weighted by Gasteiger charge is 2.09. The molecule has 0 spiro atoms. The minimum atomic E-state index is -4.41. The Kier molecular flexibility index (Phi) is 2.93. The fraction of sp³-hybridized carbons (Fsp3) is 0.400. The van der Waals surface area contributed by atoms with Crippen LogP contribution < -0.4 is 11.5 Å². The van der Waals surface area contributed by atoms with Crippen LogP contribution >= 0.6 is 0 Å². The molecule has 1 rings (SSSR count). The molecule has 0 amide bonds. The van der Waals surface area contributed by atoms with Gasteiger partial charge in [-0.2, -0.15) is 13.5 Å². The van der Waals surface area contributed by atoms with Gasteiger partial charge in [-0.15, -0.1) is 0 Å². The van der Waals surface area contributed by atoms with Crippen LogP contribution in [0.5, 0.6) is 0 Å². The second-order valence-electron chi connectivity index (χ2n) is 2.50. The van der Waals surface area contributed by atoms with Crippen molar-refractivity contribution in [3.63, 3.8) is 0 Å². The summed E-state index contributed by atoms with van der Waals surface area (Å²) in [5, 5.41) is 6.12. The van der Waals surface area contributed by atoms with Crippen LogP contribution in [0.2, 0.25) is 0 Å². The monoisotopic (exact) mass is 222 g/mol. The number of hydrogen-bond acceptors (Lipinski definition) is 6. The number of nitrogen functional groups attached to an aromatic ring is 2. The second-order valence-corrected chi connectivity index (χ2v) is 3.59. The number of nitrogens with two attached hydrogens (primary N) is 2. The number of nitrogens with zero attached hydrogens (tertiary/aromatic N) is 1. The number of anilines is 2. The average Bonchev–Trinajstić information content (AvgIpc) is 2.33. The normalized spacial score (nSPS) is 11.8. The molecule has 8 nitrogen and oxygen atoms in total. The summed E-state index contributed by atoms with van der Waals surface area (Å²) >= 11 is 0. The first-order chi connectivity index (χ1) is 6.40. The van der Waals surface area contributed by atoms with Gasteiger partial charge in [-0.05, 0) is 0 Å². The Morgan fingerprint density at radius 2 is 2.14 bits per heavy atom. The minimum Gasteiger partial charge on any atom is -0.394 e. The summed E-state index contributed by atoms with van der Waals surface area (Å²) in [5.74, 6) is 0.215. The first kappa shape index (κ1) is 10.8. The lowest BCUT2D eigenvalue weighted by Crippen LogP contribution is -2.08. The van der Waals surface area contributed by atoms with Crippen molar-refractivity contribution in [2.75, 3.05) is 18.1 Å². The largest absolute Gasteiger partial charge is 0.397 e. The Balaban J connectivity index is 2.51. The molecule has 1 heterocycles. The number of H-pyrrole nitrogens is 1. The van der Waals surface area contributed by atoms with Gasteiger partial charge in [0.05, 0.1) is 18.0 Å². The quantitative estimate of drug-likeness (QED) is 0.475. The SMILES string of the molecule is Nc1[nH]nc(CCOS(=O)(=O)O)c1N. The Morgan fingerprint density at radius 1 is 1.50 bits per heavy atom. The molecule has 0 bridgehead atoms. The molecule has 0 radical (unpaired) electrons. The van der Waals surface area contributed by atoms with Crippen LogP contribution in [-0.2, 0) is 21.0 Å². The molecule has 9 heteroatoms. The third-order valence-electron chi connectivity index (χ3n) is 1.48. The fourth-order valence-corrected chi connectivity index (χ4v) is 1.13.